The molecule has 0 aliphatic heterocycles. The number of fused-ring (bicyclic) bond motifs is 23. The lowest BCUT2D eigenvalue weighted by molar-refractivity contribution is 0.668. The smallest absolute Gasteiger partial charge is 0.137 e. The molecule has 8 nitrogen and oxygen atoms in total. The molecule has 0 aliphatic rings. The highest BCUT2D eigenvalue weighted by Gasteiger charge is 2.24. The maximum absolute atomic E-state index is 6.94. The van der Waals surface area contributed by atoms with Gasteiger partial charge in [-0.1, -0.05) is 97.1 Å². The zero-order valence-corrected chi connectivity index (χ0v) is 49.9. The van der Waals surface area contributed by atoms with Gasteiger partial charge in [0.05, 0.1) is 0 Å². The Hall–Kier alpha value is -12.8. The first kappa shape index (κ1) is 50.0. The lowest BCUT2D eigenvalue weighted by Gasteiger charge is -2.25. The SMILES string of the molecule is c1ccc2cc3c(cc2c1)oc1cc(N(c2ccc4c(c2)oc2cc5ccccc5cc24)c2ccc4c(c2)oc2cc5cc6c(cc5cc24)oc2cc(N(c4ccc5c(c4)oc4cc7ccccc7cc45)c4ccc5c(c4)oc4cc7ccccc7cc45)ccc26)ccc13. The summed E-state index contributed by atoms with van der Waals surface area (Å²) in [5, 5.41) is 24.0. The van der Waals surface area contributed by atoms with Gasteiger partial charge in [0.25, 0.3) is 0 Å². The Morgan fingerprint density at radius 2 is 0.298 bits per heavy atom. The van der Waals surface area contributed by atoms with Crippen LogP contribution in [0.5, 0.6) is 0 Å². The second-order valence-corrected chi connectivity index (χ2v) is 25.2. The van der Waals surface area contributed by atoms with E-state index in [-0.39, 0.29) is 0 Å². The van der Waals surface area contributed by atoms with Crippen LogP contribution in [0.1, 0.15) is 0 Å². The number of benzene rings is 16. The highest BCUT2D eigenvalue weighted by molar-refractivity contribution is 6.19. The lowest BCUT2D eigenvalue weighted by atomic mass is 10.0. The topological polar surface area (TPSA) is 85.3 Å². The Balaban J connectivity index is 0.662. The van der Waals surface area contributed by atoms with Crippen LogP contribution in [-0.2, 0) is 0 Å². The molecule has 0 fully saturated rings. The van der Waals surface area contributed by atoms with Gasteiger partial charge in [-0.3, -0.25) is 0 Å². The van der Waals surface area contributed by atoms with Crippen molar-refractivity contribution in [2.45, 2.75) is 0 Å². The Morgan fingerprint density at radius 3 is 0.500 bits per heavy atom. The first-order chi connectivity index (χ1) is 46.4. The summed E-state index contributed by atoms with van der Waals surface area (Å²) in [4.78, 5) is 4.53. The van der Waals surface area contributed by atoms with Crippen LogP contribution in [0, 0.1) is 0 Å². The van der Waals surface area contributed by atoms with Crippen molar-refractivity contribution in [2.24, 2.45) is 0 Å². The van der Waals surface area contributed by atoms with E-state index < -0.39 is 0 Å². The van der Waals surface area contributed by atoms with Gasteiger partial charge in [-0.2, -0.15) is 0 Å². The molecule has 0 radical (unpaired) electrons. The van der Waals surface area contributed by atoms with E-state index >= 15 is 0 Å². The number of rotatable bonds is 6. The van der Waals surface area contributed by atoms with Crippen LogP contribution in [-0.4, -0.2) is 0 Å². The molecule has 0 spiro atoms. The molecule has 22 aromatic rings. The van der Waals surface area contributed by atoms with Gasteiger partial charge in [0.15, 0.2) is 0 Å². The van der Waals surface area contributed by atoms with Gasteiger partial charge in [-0.25, -0.2) is 0 Å². The van der Waals surface area contributed by atoms with Crippen LogP contribution in [0.25, 0.3) is 185 Å². The maximum Gasteiger partial charge on any atom is 0.137 e. The fraction of sp³-hybridized carbons (Fsp3) is 0. The molecular weight excluding hydrogens is 1160 g/mol. The molecule has 0 bridgehead atoms. The normalized spacial score (nSPS) is 12.5. The third kappa shape index (κ3) is 7.33. The molecule has 22 rings (SSSR count). The van der Waals surface area contributed by atoms with Gasteiger partial charge in [-0.15, -0.1) is 0 Å². The van der Waals surface area contributed by atoms with Crippen LogP contribution in [0.3, 0.4) is 0 Å². The number of nitrogens with zero attached hydrogens (tertiary/aromatic N) is 2. The van der Waals surface area contributed by atoms with Crippen LogP contribution >= 0.6 is 0 Å². The average molecular weight is 1200 g/mol. The van der Waals surface area contributed by atoms with Crippen LogP contribution in [0.15, 0.2) is 306 Å². The van der Waals surface area contributed by atoms with Crippen molar-refractivity contribution >= 4 is 220 Å². The quantitative estimate of drug-likeness (QED) is 0.163. The zero-order chi connectivity index (χ0) is 61.0. The highest BCUT2D eigenvalue weighted by atomic mass is 16.3. The summed E-state index contributed by atoms with van der Waals surface area (Å²) < 4.78 is 40.7. The number of furan rings is 6. The summed E-state index contributed by atoms with van der Waals surface area (Å²) in [5.41, 5.74) is 15.4. The van der Waals surface area contributed by atoms with Gasteiger partial charge in [0.2, 0.25) is 0 Å². The Labute approximate surface area is 532 Å². The first-order valence-corrected chi connectivity index (χ1v) is 31.7. The Kier molecular flexibility index (Phi) is 9.81. The molecule has 0 amide bonds. The number of hydrogen-bond donors (Lipinski definition) is 0. The molecule has 16 aromatic carbocycles. The molecule has 436 valence electrons. The van der Waals surface area contributed by atoms with Crippen LogP contribution in [0.2, 0.25) is 0 Å². The van der Waals surface area contributed by atoms with E-state index in [0.29, 0.717) is 0 Å². The molecule has 0 saturated carbocycles. The van der Waals surface area contributed by atoms with E-state index in [2.05, 4.69) is 289 Å². The molecule has 94 heavy (non-hydrogen) atoms. The van der Waals surface area contributed by atoms with Crippen LogP contribution in [0.4, 0.5) is 34.1 Å². The van der Waals surface area contributed by atoms with Gasteiger partial charge in [-0.05, 0) is 199 Å². The molecule has 0 atom stereocenters. The van der Waals surface area contributed by atoms with E-state index in [9.17, 15) is 0 Å². The first-order valence-electron chi connectivity index (χ1n) is 31.7. The lowest BCUT2D eigenvalue weighted by Crippen LogP contribution is -2.09. The van der Waals surface area contributed by atoms with Crippen molar-refractivity contribution in [2.75, 3.05) is 9.80 Å². The monoisotopic (exact) mass is 1200 g/mol. The minimum atomic E-state index is 0.771. The Bertz CT molecular complexity index is 6360. The number of anilines is 6. The fourth-order valence-corrected chi connectivity index (χ4v) is 15.3. The van der Waals surface area contributed by atoms with Gasteiger partial charge >= 0.3 is 0 Å². The highest BCUT2D eigenvalue weighted by Crippen LogP contribution is 2.48. The predicted octanol–water partition coefficient (Wildman–Crippen LogP) is 25.8. The molecule has 0 saturated heterocycles. The summed E-state index contributed by atoms with van der Waals surface area (Å²) >= 11 is 0. The van der Waals surface area contributed by atoms with E-state index in [0.717, 1.165) is 198 Å². The van der Waals surface area contributed by atoms with Crippen molar-refractivity contribution in [3.8, 4) is 0 Å². The molecule has 0 N–H and O–H groups in total. The molecular formula is C86H46N2O6. The van der Waals surface area contributed by atoms with Crippen molar-refractivity contribution in [1.29, 1.82) is 0 Å². The standard InChI is InChI=1S/C86H46N2O6/c1-5-13-51-35-75-69(29-47(51)9-1)63-23-17-57(41-81(63)89-75)87(58-18-24-64-70-30-48-10-2-6-14-52(48)36-76(70)90-82(64)42-58)61-21-27-67-73-33-55-40-80-74(34-56(55)39-79(73)93-85(67)45-61)68-28-22-62(46-86(68)94-80)88(59-19-25-65-71-31-49-11-3-7-15-53(49)37-77(71)91-83(65)43-59)60-20-26-66-72-32-50-12-4-8-16-54(50)38-78(72)92-84(66)44-60/h1-46H. The van der Waals surface area contributed by atoms with Crippen molar-refractivity contribution in [3.63, 3.8) is 0 Å². The summed E-state index contributed by atoms with van der Waals surface area (Å²) in [6.07, 6.45) is 0. The van der Waals surface area contributed by atoms with Crippen molar-refractivity contribution in [3.05, 3.63) is 279 Å². The average Bonchev–Trinajstić information content (AvgIpc) is 1.60. The second kappa shape index (κ2) is 18.4. The third-order valence-corrected chi connectivity index (χ3v) is 19.8. The molecule has 0 unspecified atom stereocenters. The zero-order valence-electron chi connectivity index (χ0n) is 49.9. The minimum absolute atomic E-state index is 0.771. The molecule has 0 aliphatic carbocycles. The van der Waals surface area contributed by atoms with E-state index in [1.54, 1.807) is 0 Å². The van der Waals surface area contributed by atoms with E-state index in [1.807, 2.05) is 0 Å². The molecule has 8 heteroatoms. The largest absolute Gasteiger partial charge is 0.456 e. The predicted molar refractivity (Wildman–Crippen MR) is 387 cm³/mol. The van der Waals surface area contributed by atoms with E-state index in [1.165, 1.54) is 21.5 Å². The van der Waals surface area contributed by atoms with Gasteiger partial charge < -0.3 is 36.3 Å². The fourth-order valence-electron chi connectivity index (χ4n) is 15.3. The summed E-state index contributed by atoms with van der Waals surface area (Å²) in [7, 11) is 0. The molecule has 6 aromatic heterocycles. The maximum atomic E-state index is 6.94. The summed E-state index contributed by atoms with van der Waals surface area (Å²) in [6, 6.07) is 99.1. The summed E-state index contributed by atoms with van der Waals surface area (Å²) in [5.74, 6) is 0. The van der Waals surface area contributed by atoms with Crippen molar-refractivity contribution in [1.82, 2.24) is 0 Å². The Morgan fingerprint density at radius 1 is 0.138 bits per heavy atom. The molecule has 6 heterocycles. The van der Waals surface area contributed by atoms with Gasteiger partial charge in [0, 0.05) is 135 Å². The van der Waals surface area contributed by atoms with Crippen molar-refractivity contribution < 1.29 is 26.5 Å². The number of hydrogen-bond acceptors (Lipinski definition) is 8. The summed E-state index contributed by atoms with van der Waals surface area (Å²) in [6.45, 7) is 0. The third-order valence-electron chi connectivity index (χ3n) is 19.8. The van der Waals surface area contributed by atoms with Gasteiger partial charge in [0.1, 0.15) is 67.0 Å². The second-order valence-electron chi connectivity index (χ2n) is 25.2. The van der Waals surface area contributed by atoms with Crippen LogP contribution < -0.4 is 9.80 Å². The minimum Gasteiger partial charge on any atom is -0.456 e. The van der Waals surface area contributed by atoms with E-state index in [4.69, 9.17) is 26.5 Å².